The molecule has 0 aromatic carbocycles. The van der Waals surface area contributed by atoms with E-state index in [9.17, 15) is 9.59 Å². The summed E-state index contributed by atoms with van der Waals surface area (Å²) in [5, 5.41) is 7.64. The quantitative estimate of drug-likeness (QED) is 0.825. The Labute approximate surface area is 107 Å². The smallest absolute Gasteiger partial charge is 0.297 e. The van der Waals surface area contributed by atoms with E-state index in [4.69, 9.17) is 11.6 Å². The Kier molecular flexibility index (Phi) is 3.57. The van der Waals surface area contributed by atoms with Gasteiger partial charge < -0.3 is 0 Å². The molecular weight excluding hydrogens is 256 g/mol. The fourth-order valence-electron chi connectivity index (χ4n) is 1.62. The van der Waals surface area contributed by atoms with E-state index in [1.807, 2.05) is 0 Å². The number of nitrogens with one attached hydrogen (secondary N) is 1. The number of rotatable bonds is 3. The summed E-state index contributed by atoms with van der Waals surface area (Å²) in [6.07, 6.45) is 1.98. The van der Waals surface area contributed by atoms with E-state index in [1.54, 1.807) is 19.1 Å². The normalized spacial score (nSPS) is 10.6. The van der Waals surface area contributed by atoms with E-state index in [0.717, 1.165) is 4.57 Å². The van der Waals surface area contributed by atoms with Crippen LogP contribution in [0.4, 0.5) is 0 Å². The lowest BCUT2D eigenvalue weighted by molar-refractivity contribution is 0.664. The molecule has 0 radical (unpaired) electrons. The maximum absolute atomic E-state index is 12.1. The van der Waals surface area contributed by atoms with Crippen LogP contribution in [-0.4, -0.2) is 19.7 Å². The van der Waals surface area contributed by atoms with Crippen LogP contribution in [0.2, 0.25) is 5.15 Å². The third-order valence-electron chi connectivity index (χ3n) is 2.53. The Balaban J connectivity index is 2.52. The molecule has 2 rings (SSSR count). The van der Waals surface area contributed by atoms with Gasteiger partial charge in [-0.15, -0.1) is 0 Å². The molecular formula is C11H11ClN4O2. The van der Waals surface area contributed by atoms with Gasteiger partial charge >= 0.3 is 5.69 Å². The molecule has 0 spiro atoms. The van der Waals surface area contributed by atoms with Crippen LogP contribution in [0.15, 0.2) is 27.9 Å². The van der Waals surface area contributed by atoms with E-state index in [2.05, 4.69) is 15.2 Å². The van der Waals surface area contributed by atoms with Crippen molar-refractivity contribution < 1.29 is 0 Å². The summed E-state index contributed by atoms with van der Waals surface area (Å²) in [6, 6.07) is 3.39. The first-order valence-electron chi connectivity index (χ1n) is 5.41. The fourth-order valence-corrected chi connectivity index (χ4v) is 1.91. The van der Waals surface area contributed by atoms with Crippen LogP contribution in [-0.2, 0) is 13.0 Å². The van der Waals surface area contributed by atoms with E-state index in [1.165, 1.54) is 6.20 Å². The van der Waals surface area contributed by atoms with Crippen molar-refractivity contribution in [3.8, 4) is 0 Å². The van der Waals surface area contributed by atoms with Gasteiger partial charge in [0.2, 0.25) is 0 Å². The van der Waals surface area contributed by atoms with Crippen LogP contribution in [0.25, 0.3) is 0 Å². The Bertz CT molecular complexity index is 663. The summed E-state index contributed by atoms with van der Waals surface area (Å²) in [6.45, 7) is 1.87. The molecule has 0 amide bonds. The molecule has 0 aliphatic carbocycles. The predicted molar refractivity (Wildman–Crippen MR) is 66.8 cm³/mol. The van der Waals surface area contributed by atoms with E-state index in [-0.39, 0.29) is 11.7 Å². The third kappa shape index (κ3) is 2.33. The molecule has 7 heteroatoms. The highest BCUT2D eigenvalue weighted by Gasteiger charge is 2.11. The van der Waals surface area contributed by atoms with Gasteiger partial charge in [-0.05, 0) is 18.6 Å². The lowest BCUT2D eigenvalue weighted by Crippen LogP contribution is -2.37. The summed E-state index contributed by atoms with van der Waals surface area (Å²) in [7, 11) is 0. The van der Waals surface area contributed by atoms with E-state index in [0.29, 0.717) is 17.7 Å². The first-order chi connectivity index (χ1) is 8.63. The summed E-state index contributed by atoms with van der Waals surface area (Å²) < 4.78 is 1.06. The minimum absolute atomic E-state index is 0.0756. The molecule has 0 fully saturated rings. The molecule has 0 saturated carbocycles. The minimum atomic E-state index is -0.548. The van der Waals surface area contributed by atoms with Crippen LogP contribution in [0.1, 0.15) is 18.2 Å². The molecule has 0 aliphatic rings. The lowest BCUT2D eigenvalue weighted by atomic mass is 10.2. The molecule has 6 nitrogen and oxygen atoms in total. The number of H-pyrrole nitrogens is 1. The zero-order chi connectivity index (χ0) is 13.1. The number of nitrogens with zero attached hydrogens (tertiary/aromatic N) is 3. The number of aromatic amines is 1. The van der Waals surface area contributed by atoms with Gasteiger partial charge in [0.05, 0.1) is 17.8 Å². The number of aromatic nitrogens is 4. The fraction of sp³-hybridized carbons (Fsp3) is 0.273. The lowest BCUT2D eigenvalue weighted by Gasteiger charge is -2.06. The molecule has 18 heavy (non-hydrogen) atoms. The SMILES string of the molecule is CCc1c(Cl)[nH]c(=O)n(Cc2cccnn2)c1=O. The van der Waals surface area contributed by atoms with Crippen molar-refractivity contribution in [3.63, 3.8) is 0 Å². The van der Waals surface area contributed by atoms with Crippen molar-refractivity contribution in [1.29, 1.82) is 0 Å². The van der Waals surface area contributed by atoms with Gasteiger partial charge in [-0.1, -0.05) is 18.5 Å². The zero-order valence-electron chi connectivity index (χ0n) is 9.68. The Morgan fingerprint density at radius 1 is 1.44 bits per heavy atom. The van der Waals surface area contributed by atoms with Crippen molar-refractivity contribution in [2.75, 3.05) is 0 Å². The van der Waals surface area contributed by atoms with E-state index >= 15 is 0 Å². The highest BCUT2D eigenvalue weighted by Crippen LogP contribution is 2.06. The molecule has 0 aliphatic heterocycles. The molecule has 2 aromatic rings. The van der Waals surface area contributed by atoms with E-state index < -0.39 is 11.2 Å². The Morgan fingerprint density at radius 3 is 2.83 bits per heavy atom. The highest BCUT2D eigenvalue weighted by molar-refractivity contribution is 6.30. The molecule has 0 bridgehead atoms. The average Bonchev–Trinajstić information content (AvgIpc) is 2.36. The van der Waals surface area contributed by atoms with Crippen LogP contribution in [0.3, 0.4) is 0 Å². The second-order valence-electron chi connectivity index (χ2n) is 3.68. The molecule has 0 unspecified atom stereocenters. The summed E-state index contributed by atoms with van der Waals surface area (Å²) in [5.74, 6) is 0. The second kappa shape index (κ2) is 5.14. The van der Waals surface area contributed by atoms with Crippen molar-refractivity contribution in [2.24, 2.45) is 0 Å². The van der Waals surface area contributed by atoms with Gasteiger partial charge in [0.25, 0.3) is 5.56 Å². The van der Waals surface area contributed by atoms with Gasteiger partial charge in [-0.25, -0.2) is 4.79 Å². The zero-order valence-corrected chi connectivity index (χ0v) is 10.4. The predicted octanol–water partition coefficient (Wildman–Crippen LogP) is 0.591. The summed E-state index contributed by atoms with van der Waals surface area (Å²) in [4.78, 5) is 26.2. The molecule has 0 atom stereocenters. The van der Waals surface area contributed by atoms with Crippen LogP contribution >= 0.6 is 11.6 Å². The number of hydrogen-bond acceptors (Lipinski definition) is 4. The van der Waals surface area contributed by atoms with Crippen LogP contribution in [0.5, 0.6) is 0 Å². The van der Waals surface area contributed by atoms with Crippen molar-refractivity contribution in [2.45, 2.75) is 19.9 Å². The standard InChI is InChI=1S/C11H11ClN4O2/c1-2-8-9(12)14-11(18)16(10(8)17)6-7-4-3-5-13-15-7/h3-5H,2,6H2,1H3,(H,14,18). The summed E-state index contributed by atoms with van der Waals surface area (Å²) in [5.41, 5.74) is -0.0145. The van der Waals surface area contributed by atoms with Gasteiger partial charge in [-0.2, -0.15) is 10.2 Å². The van der Waals surface area contributed by atoms with Gasteiger partial charge in [0.15, 0.2) is 0 Å². The Morgan fingerprint density at radius 2 is 2.22 bits per heavy atom. The average molecular weight is 267 g/mol. The van der Waals surface area contributed by atoms with Gasteiger partial charge in [0.1, 0.15) is 5.15 Å². The molecule has 94 valence electrons. The molecule has 2 aromatic heterocycles. The highest BCUT2D eigenvalue weighted by atomic mass is 35.5. The molecule has 1 N–H and O–H groups in total. The molecule has 2 heterocycles. The monoisotopic (exact) mass is 266 g/mol. The van der Waals surface area contributed by atoms with Gasteiger partial charge in [0, 0.05) is 6.20 Å². The molecule has 0 saturated heterocycles. The first-order valence-corrected chi connectivity index (χ1v) is 5.79. The number of hydrogen-bond donors (Lipinski definition) is 1. The maximum atomic E-state index is 12.1. The maximum Gasteiger partial charge on any atom is 0.329 e. The topological polar surface area (TPSA) is 80.6 Å². The van der Waals surface area contributed by atoms with Crippen LogP contribution < -0.4 is 11.2 Å². The van der Waals surface area contributed by atoms with Crippen LogP contribution in [0, 0.1) is 0 Å². The second-order valence-corrected chi connectivity index (χ2v) is 4.06. The van der Waals surface area contributed by atoms with Crippen molar-refractivity contribution in [1.82, 2.24) is 19.7 Å². The first kappa shape index (κ1) is 12.5. The minimum Gasteiger partial charge on any atom is -0.297 e. The largest absolute Gasteiger partial charge is 0.329 e. The third-order valence-corrected chi connectivity index (χ3v) is 2.85. The van der Waals surface area contributed by atoms with Gasteiger partial charge in [-0.3, -0.25) is 14.3 Å². The van der Waals surface area contributed by atoms with Crippen molar-refractivity contribution in [3.05, 3.63) is 55.6 Å². The number of halogens is 1. The Hall–Kier alpha value is -1.95. The van der Waals surface area contributed by atoms with Crippen molar-refractivity contribution >= 4 is 11.6 Å². The summed E-state index contributed by atoms with van der Waals surface area (Å²) >= 11 is 5.81.